The fraction of sp³-hybridized carbons (Fsp3) is 0.588. The van der Waals surface area contributed by atoms with Crippen LogP contribution in [-0.2, 0) is 16.0 Å². The number of nitrogen functional groups attached to an aromatic ring is 1. The Balaban J connectivity index is 1.61. The number of rotatable bonds is 3. The van der Waals surface area contributed by atoms with Gasteiger partial charge in [0.15, 0.2) is 0 Å². The molecule has 4 nitrogen and oxygen atoms in total. The van der Waals surface area contributed by atoms with E-state index in [0.29, 0.717) is 12.3 Å². The monoisotopic (exact) mass is 288 g/mol. The van der Waals surface area contributed by atoms with Gasteiger partial charge in [0.25, 0.3) is 0 Å². The molecular weight excluding hydrogens is 264 g/mol. The number of ether oxygens (including phenoxy) is 1. The maximum Gasteiger partial charge on any atom is 0.220 e. The second-order valence-electron chi connectivity index (χ2n) is 6.23. The summed E-state index contributed by atoms with van der Waals surface area (Å²) in [5.41, 5.74) is 9.20. The zero-order chi connectivity index (χ0) is 14.7. The molecule has 0 radical (unpaired) electrons. The molecule has 0 spiro atoms. The van der Waals surface area contributed by atoms with Crippen molar-refractivity contribution in [3.63, 3.8) is 0 Å². The van der Waals surface area contributed by atoms with Gasteiger partial charge in [-0.05, 0) is 61.3 Å². The second-order valence-corrected chi connectivity index (χ2v) is 6.23. The van der Waals surface area contributed by atoms with E-state index in [2.05, 4.69) is 11.4 Å². The van der Waals surface area contributed by atoms with Crippen molar-refractivity contribution in [1.29, 1.82) is 0 Å². The first kappa shape index (κ1) is 14.4. The molecule has 3 N–H and O–H groups in total. The number of carbonyl (C=O) groups excluding carboxylic acids is 1. The van der Waals surface area contributed by atoms with Crippen LogP contribution in [0.3, 0.4) is 0 Å². The number of aryl methyl sites for hydroxylation is 1. The topological polar surface area (TPSA) is 64.3 Å². The molecule has 1 saturated heterocycles. The van der Waals surface area contributed by atoms with Crippen LogP contribution >= 0.6 is 0 Å². The van der Waals surface area contributed by atoms with E-state index in [0.717, 1.165) is 51.0 Å². The lowest BCUT2D eigenvalue weighted by Crippen LogP contribution is -2.33. The molecule has 114 valence electrons. The first-order chi connectivity index (χ1) is 10.2. The Bertz CT molecular complexity index is 510. The summed E-state index contributed by atoms with van der Waals surface area (Å²) in [5, 5.41) is 3.22. The van der Waals surface area contributed by atoms with Crippen LogP contribution in [0.25, 0.3) is 0 Å². The number of nitrogens with one attached hydrogen (secondary N) is 1. The number of hydrogen-bond donors (Lipinski definition) is 2. The quantitative estimate of drug-likeness (QED) is 0.840. The van der Waals surface area contributed by atoms with Crippen LogP contribution in [0.2, 0.25) is 0 Å². The van der Waals surface area contributed by atoms with Crippen molar-refractivity contribution in [3.05, 3.63) is 29.3 Å². The highest BCUT2D eigenvalue weighted by atomic mass is 16.5. The first-order valence-electron chi connectivity index (χ1n) is 7.98. The minimum Gasteiger partial charge on any atom is -0.399 e. The van der Waals surface area contributed by atoms with E-state index >= 15 is 0 Å². The van der Waals surface area contributed by atoms with Crippen LogP contribution in [0.15, 0.2) is 18.2 Å². The first-order valence-corrected chi connectivity index (χ1v) is 7.98. The zero-order valence-electron chi connectivity index (χ0n) is 12.4. The van der Waals surface area contributed by atoms with Crippen LogP contribution in [-0.4, -0.2) is 19.1 Å². The molecule has 0 bridgehead atoms. The van der Waals surface area contributed by atoms with Crippen LogP contribution in [0.5, 0.6) is 0 Å². The Kier molecular flexibility index (Phi) is 4.44. The minimum absolute atomic E-state index is 0.154. The van der Waals surface area contributed by atoms with E-state index in [1.54, 1.807) is 0 Å². The third-order valence-electron chi connectivity index (χ3n) is 4.63. The summed E-state index contributed by atoms with van der Waals surface area (Å²) in [7, 11) is 0. The Morgan fingerprint density at radius 1 is 1.29 bits per heavy atom. The van der Waals surface area contributed by atoms with Gasteiger partial charge in [0.2, 0.25) is 5.91 Å². The molecule has 1 heterocycles. The predicted octanol–water partition coefficient (Wildman–Crippen LogP) is 2.58. The van der Waals surface area contributed by atoms with Crippen molar-refractivity contribution in [2.75, 3.05) is 18.9 Å². The number of hydrogen-bond acceptors (Lipinski definition) is 3. The number of nitrogens with two attached hydrogens (primary N) is 1. The molecule has 1 unspecified atom stereocenters. The predicted molar refractivity (Wildman–Crippen MR) is 82.8 cm³/mol. The molecular formula is C17H24N2O2. The lowest BCUT2D eigenvalue weighted by Gasteiger charge is -2.28. The number of amides is 1. The molecule has 2 aliphatic rings. The Morgan fingerprint density at radius 2 is 2.10 bits per heavy atom. The van der Waals surface area contributed by atoms with Gasteiger partial charge in [0.1, 0.15) is 0 Å². The van der Waals surface area contributed by atoms with Gasteiger partial charge in [-0.15, -0.1) is 0 Å². The largest absolute Gasteiger partial charge is 0.399 e. The standard InChI is InChI=1S/C17H24N2O2/c18-14-4-5-15-13(11-14)2-1-3-16(15)19-17(20)10-12-6-8-21-9-7-12/h4-5,11-12,16H,1-3,6-10,18H2,(H,19,20). The Morgan fingerprint density at radius 3 is 2.90 bits per heavy atom. The fourth-order valence-corrected chi connectivity index (χ4v) is 3.45. The number of anilines is 1. The molecule has 1 aromatic carbocycles. The van der Waals surface area contributed by atoms with E-state index in [1.165, 1.54) is 11.1 Å². The molecule has 1 aliphatic heterocycles. The summed E-state index contributed by atoms with van der Waals surface area (Å²) >= 11 is 0. The Hall–Kier alpha value is -1.55. The minimum atomic E-state index is 0.154. The van der Waals surface area contributed by atoms with Crippen molar-refractivity contribution in [3.8, 4) is 0 Å². The van der Waals surface area contributed by atoms with Gasteiger partial charge in [0, 0.05) is 25.3 Å². The fourth-order valence-electron chi connectivity index (χ4n) is 3.45. The average Bonchev–Trinajstić information content (AvgIpc) is 2.48. The van der Waals surface area contributed by atoms with E-state index in [1.807, 2.05) is 12.1 Å². The molecule has 0 aromatic heterocycles. The third kappa shape index (κ3) is 3.56. The van der Waals surface area contributed by atoms with Crippen LogP contribution in [0.4, 0.5) is 5.69 Å². The van der Waals surface area contributed by atoms with E-state index < -0.39 is 0 Å². The van der Waals surface area contributed by atoms with Crippen molar-refractivity contribution < 1.29 is 9.53 Å². The highest BCUT2D eigenvalue weighted by Gasteiger charge is 2.24. The zero-order valence-corrected chi connectivity index (χ0v) is 12.4. The molecule has 1 amide bonds. The smallest absolute Gasteiger partial charge is 0.220 e. The number of fused-ring (bicyclic) bond motifs is 1. The molecule has 3 rings (SSSR count). The third-order valence-corrected chi connectivity index (χ3v) is 4.63. The van der Waals surface area contributed by atoms with Crippen LogP contribution in [0.1, 0.15) is 49.3 Å². The van der Waals surface area contributed by atoms with Crippen molar-refractivity contribution in [2.45, 2.75) is 44.6 Å². The van der Waals surface area contributed by atoms with E-state index in [9.17, 15) is 4.79 Å². The Labute approximate surface area is 126 Å². The van der Waals surface area contributed by atoms with Crippen LogP contribution in [0, 0.1) is 5.92 Å². The SMILES string of the molecule is Nc1ccc2c(c1)CCCC2NC(=O)CC1CCOCC1. The van der Waals surface area contributed by atoms with Gasteiger partial charge in [-0.3, -0.25) is 4.79 Å². The molecule has 1 aromatic rings. The van der Waals surface area contributed by atoms with Gasteiger partial charge < -0.3 is 15.8 Å². The van der Waals surface area contributed by atoms with E-state index in [-0.39, 0.29) is 11.9 Å². The van der Waals surface area contributed by atoms with Crippen LogP contribution < -0.4 is 11.1 Å². The van der Waals surface area contributed by atoms with Crippen molar-refractivity contribution in [2.24, 2.45) is 5.92 Å². The van der Waals surface area contributed by atoms with Gasteiger partial charge >= 0.3 is 0 Å². The molecule has 21 heavy (non-hydrogen) atoms. The summed E-state index contributed by atoms with van der Waals surface area (Å²) < 4.78 is 5.35. The van der Waals surface area contributed by atoms with Gasteiger partial charge in [-0.1, -0.05) is 6.07 Å². The van der Waals surface area contributed by atoms with Gasteiger partial charge in [0.05, 0.1) is 6.04 Å². The maximum absolute atomic E-state index is 12.3. The highest BCUT2D eigenvalue weighted by Crippen LogP contribution is 2.31. The lowest BCUT2D eigenvalue weighted by molar-refractivity contribution is -0.123. The molecule has 4 heteroatoms. The van der Waals surface area contributed by atoms with Crippen molar-refractivity contribution in [1.82, 2.24) is 5.32 Å². The molecule has 1 fully saturated rings. The van der Waals surface area contributed by atoms with Gasteiger partial charge in [-0.25, -0.2) is 0 Å². The number of benzene rings is 1. The summed E-state index contributed by atoms with van der Waals surface area (Å²) in [6.07, 6.45) is 5.84. The molecule has 1 aliphatic carbocycles. The van der Waals surface area contributed by atoms with Crippen molar-refractivity contribution >= 4 is 11.6 Å². The number of carbonyl (C=O) groups is 1. The summed E-state index contributed by atoms with van der Waals surface area (Å²) in [4.78, 5) is 12.3. The summed E-state index contributed by atoms with van der Waals surface area (Å²) in [6.45, 7) is 1.59. The normalized spacial score (nSPS) is 22.6. The maximum atomic E-state index is 12.3. The molecule has 0 saturated carbocycles. The van der Waals surface area contributed by atoms with Gasteiger partial charge in [-0.2, -0.15) is 0 Å². The molecule has 1 atom stereocenters. The second kappa shape index (κ2) is 6.48. The highest BCUT2D eigenvalue weighted by molar-refractivity contribution is 5.76. The van der Waals surface area contributed by atoms with E-state index in [4.69, 9.17) is 10.5 Å². The summed E-state index contributed by atoms with van der Waals surface area (Å²) in [6, 6.07) is 6.21. The lowest BCUT2D eigenvalue weighted by atomic mass is 9.87. The summed E-state index contributed by atoms with van der Waals surface area (Å²) in [5.74, 6) is 0.657. The average molecular weight is 288 g/mol.